The summed E-state index contributed by atoms with van der Waals surface area (Å²) in [5, 5.41) is 30.8. The maximum absolute atomic E-state index is 13.4. The van der Waals surface area contributed by atoms with Crippen molar-refractivity contribution in [3.63, 3.8) is 0 Å². The molecule has 0 saturated heterocycles. The number of carbonyl (C=O) groups is 2. The van der Waals surface area contributed by atoms with Crippen molar-refractivity contribution >= 4 is 23.7 Å². The number of benzene rings is 2. The molecule has 0 aromatic heterocycles. The number of halogens is 1. The number of methoxy groups -OCH3 is 1. The normalized spacial score (nSPS) is 10.5. The Morgan fingerprint density at radius 3 is 2.32 bits per heavy atom. The van der Waals surface area contributed by atoms with Crippen LogP contribution < -0.4 is 4.74 Å². The first-order valence-electron chi connectivity index (χ1n) is 8.41. The first-order valence-corrected chi connectivity index (χ1v) is 8.78. The van der Waals surface area contributed by atoms with Crippen LogP contribution in [-0.4, -0.2) is 34.5 Å². The van der Waals surface area contributed by atoms with Crippen LogP contribution in [-0.2, 0) is 6.42 Å². The number of carbonyl (C=O) groups excluding carboxylic acids is 2. The third-order valence-electron chi connectivity index (χ3n) is 4.32. The molecule has 0 saturated carbocycles. The number of aldehydes is 1. The van der Waals surface area contributed by atoms with Gasteiger partial charge in [0.25, 0.3) is 0 Å². The molecule has 0 amide bonds. The van der Waals surface area contributed by atoms with Crippen LogP contribution in [0.4, 0.5) is 0 Å². The van der Waals surface area contributed by atoms with Crippen molar-refractivity contribution in [3.8, 4) is 23.0 Å². The van der Waals surface area contributed by atoms with E-state index in [1.165, 1.54) is 13.2 Å². The lowest BCUT2D eigenvalue weighted by Gasteiger charge is -2.17. The quantitative estimate of drug-likeness (QED) is 0.376. The van der Waals surface area contributed by atoms with E-state index in [0.717, 1.165) is 11.6 Å². The molecule has 0 fully saturated rings. The number of rotatable bonds is 6. The van der Waals surface area contributed by atoms with E-state index in [-0.39, 0.29) is 45.2 Å². The maximum Gasteiger partial charge on any atom is 0.201 e. The molecule has 0 aliphatic heterocycles. The van der Waals surface area contributed by atoms with Crippen LogP contribution >= 0.6 is 11.6 Å². The maximum atomic E-state index is 13.4. The standard InChI is InChI=1S/C21H21ClO6/c1-10(2)5-6-12-14(24)8-15(25)13(9-23)17(12)20(26)18-16(28-4)7-11(3)19(22)21(18)27/h5,7-9,24-25,27H,6H2,1-4H3. The molecule has 7 heteroatoms. The summed E-state index contributed by atoms with van der Waals surface area (Å²) in [6, 6.07) is 2.49. The van der Waals surface area contributed by atoms with Crippen molar-refractivity contribution < 1.29 is 29.6 Å². The highest BCUT2D eigenvalue weighted by molar-refractivity contribution is 6.34. The molecule has 0 unspecified atom stereocenters. The van der Waals surface area contributed by atoms with E-state index in [2.05, 4.69) is 0 Å². The van der Waals surface area contributed by atoms with Crippen LogP contribution in [0.15, 0.2) is 23.8 Å². The smallest absolute Gasteiger partial charge is 0.201 e. The van der Waals surface area contributed by atoms with Gasteiger partial charge in [-0.2, -0.15) is 0 Å². The first-order chi connectivity index (χ1) is 13.1. The number of hydrogen-bond acceptors (Lipinski definition) is 6. The molecular weight excluding hydrogens is 384 g/mol. The summed E-state index contributed by atoms with van der Waals surface area (Å²) in [7, 11) is 1.32. The summed E-state index contributed by atoms with van der Waals surface area (Å²) < 4.78 is 5.21. The molecule has 0 bridgehead atoms. The van der Waals surface area contributed by atoms with E-state index < -0.39 is 17.3 Å². The fraction of sp³-hybridized carbons (Fsp3) is 0.238. The summed E-state index contributed by atoms with van der Waals surface area (Å²) in [4.78, 5) is 25.0. The third kappa shape index (κ3) is 3.82. The molecule has 6 nitrogen and oxygen atoms in total. The second kappa shape index (κ2) is 8.35. The summed E-state index contributed by atoms with van der Waals surface area (Å²) in [6.07, 6.45) is 2.23. The minimum absolute atomic E-state index is 0.0352. The van der Waals surface area contributed by atoms with Crippen molar-refractivity contribution in [2.24, 2.45) is 0 Å². The molecule has 0 aliphatic rings. The van der Waals surface area contributed by atoms with Gasteiger partial charge in [-0.15, -0.1) is 0 Å². The Kier molecular flexibility index (Phi) is 6.36. The van der Waals surface area contributed by atoms with Crippen LogP contribution in [0, 0.1) is 6.92 Å². The van der Waals surface area contributed by atoms with Gasteiger partial charge in [0.05, 0.1) is 17.7 Å². The number of hydrogen-bond donors (Lipinski definition) is 3. The summed E-state index contributed by atoms with van der Waals surface area (Å²) >= 11 is 6.09. The molecule has 0 spiro atoms. The monoisotopic (exact) mass is 404 g/mol. The van der Waals surface area contributed by atoms with Crippen LogP contribution in [0.5, 0.6) is 23.0 Å². The van der Waals surface area contributed by atoms with Gasteiger partial charge in [-0.05, 0) is 38.8 Å². The molecule has 28 heavy (non-hydrogen) atoms. The zero-order chi connectivity index (χ0) is 21.2. The van der Waals surface area contributed by atoms with E-state index in [4.69, 9.17) is 16.3 Å². The lowest BCUT2D eigenvalue weighted by Crippen LogP contribution is -2.12. The topological polar surface area (TPSA) is 104 Å². The van der Waals surface area contributed by atoms with E-state index in [1.54, 1.807) is 13.0 Å². The Balaban J connectivity index is 2.88. The van der Waals surface area contributed by atoms with Gasteiger partial charge in [-0.1, -0.05) is 23.3 Å². The third-order valence-corrected chi connectivity index (χ3v) is 4.80. The van der Waals surface area contributed by atoms with Gasteiger partial charge in [0.1, 0.15) is 28.6 Å². The molecule has 0 atom stereocenters. The Morgan fingerprint density at radius 1 is 1.14 bits per heavy atom. The number of ether oxygens (including phenoxy) is 1. The van der Waals surface area contributed by atoms with Crippen molar-refractivity contribution in [2.75, 3.05) is 7.11 Å². The zero-order valence-corrected chi connectivity index (χ0v) is 16.7. The van der Waals surface area contributed by atoms with Gasteiger partial charge >= 0.3 is 0 Å². The number of allylic oxidation sites excluding steroid dienone is 2. The molecule has 148 valence electrons. The van der Waals surface area contributed by atoms with E-state index in [9.17, 15) is 24.9 Å². The van der Waals surface area contributed by atoms with Crippen molar-refractivity contribution in [1.29, 1.82) is 0 Å². The Bertz CT molecular complexity index is 987. The zero-order valence-electron chi connectivity index (χ0n) is 16.0. The average molecular weight is 405 g/mol. The van der Waals surface area contributed by atoms with Crippen LogP contribution in [0.3, 0.4) is 0 Å². The van der Waals surface area contributed by atoms with Crippen LogP contribution in [0.1, 0.15) is 51.3 Å². The number of aromatic hydroxyl groups is 3. The largest absolute Gasteiger partial charge is 0.507 e. The van der Waals surface area contributed by atoms with Crippen molar-refractivity contribution in [2.45, 2.75) is 27.2 Å². The second-order valence-corrected chi connectivity index (χ2v) is 6.93. The van der Waals surface area contributed by atoms with Gasteiger partial charge in [0.2, 0.25) is 5.78 Å². The molecule has 0 aliphatic carbocycles. The highest BCUT2D eigenvalue weighted by atomic mass is 35.5. The predicted molar refractivity (Wildman–Crippen MR) is 106 cm³/mol. The van der Waals surface area contributed by atoms with Gasteiger partial charge in [0.15, 0.2) is 6.29 Å². The van der Waals surface area contributed by atoms with E-state index in [1.807, 2.05) is 13.8 Å². The number of phenols is 3. The van der Waals surface area contributed by atoms with E-state index in [0.29, 0.717) is 11.8 Å². The minimum Gasteiger partial charge on any atom is -0.507 e. The molecule has 2 rings (SSSR count). The highest BCUT2D eigenvalue weighted by Crippen LogP contribution is 2.41. The number of phenolic OH excluding ortho intramolecular Hbond substituents is 3. The van der Waals surface area contributed by atoms with Crippen molar-refractivity contribution in [3.05, 3.63) is 56.6 Å². The van der Waals surface area contributed by atoms with E-state index >= 15 is 0 Å². The number of ketones is 1. The highest BCUT2D eigenvalue weighted by Gasteiger charge is 2.29. The first kappa shape index (κ1) is 21.3. The molecular formula is C21H21ClO6. The molecule has 3 N–H and O–H groups in total. The molecule has 0 heterocycles. The Labute approximate surface area is 167 Å². The molecule has 0 radical (unpaired) electrons. The Morgan fingerprint density at radius 2 is 1.79 bits per heavy atom. The average Bonchev–Trinajstić information content (AvgIpc) is 2.63. The van der Waals surface area contributed by atoms with Crippen LogP contribution in [0.25, 0.3) is 0 Å². The predicted octanol–water partition coefficient (Wildman–Crippen LogP) is 4.33. The fourth-order valence-electron chi connectivity index (χ4n) is 2.86. The lowest BCUT2D eigenvalue weighted by atomic mass is 9.89. The number of aryl methyl sites for hydroxylation is 1. The second-order valence-electron chi connectivity index (χ2n) is 6.55. The summed E-state index contributed by atoms with van der Waals surface area (Å²) in [5.74, 6) is -2.15. The minimum atomic E-state index is -0.804. The van der Waals surface area contributed by atoms with Gasteiger partial charge in [-0.3, -0.25) is 9.59 Å². The van der Waals surface area contributed by atoms with Gasteiger partial charge < -0.3 is 20.1 Å². The lowest BCUT2D eigenvalue weighted by molar-refractivity contribution is 0.102. The fourth-order valence-corrected chi connectivity index (χ4v) is 3.00. The van der Waals surface area contributed by atoms with Gasteiger partial charge in [-0.25, -0.2) is 0 Å². The SMILES string of the molecule is COc1cc(C)c(Cl)c(O)c1C(=O)c1c(C=O)c(O)cc(O)c1CC=C(C)C. The van der Waals surface area contributed by atoms with Gasteiger partial charge in [0, 0.05) is 17.2 Å². The summed E-state index contributed by atoms with van der Waals surface area (Å²) in [5.41, 5.74) is 0.787. The molecule has 2 aromatic rings. The van der Waals surface area contributed by atoms with Crippen LogP contribution in [0.2, 0.25) is 5.02 Å². The Hall–Kier alpha value is -2.99. The molecule has 2 aromatic carbocycles. The summed E-state index contributed by atoms with van der Waals surface area (Å²) in [6.45, 7) is 5.32. The van der Waals surface area contributed by atoms with Crippen molar-refractivity contribution in [1.82, 2.24) is 0 Å².